The van der Waals surface area contributed by atoms with Gasteiger partial charge in [0, 0.05) is 6.54 Å². The zero-order valence-corrected chi connectivity index (χ0v) is 13.8. The molecule has 0 amide bonds. The van der Waals surface area contributed by atoms with Crippen molar-refractivity contribution in [2.45, 2.75) is 31.1 Å². The Balaban J connectivity index is 1.86. The molecule has 8 heteroatoms. The Bertz CT molecular complexity index is 644. The van der Waals surface area contributed by atoms with Gasteiger partial charge in [-0.05, 0) is 56.9 Å². The molecular weight excluding hydrogens is 329 g/mol. The molecule has 0 unspecified atom stereocenters. The predicted molar refractivity (Wildman–Crippen MR) is 81.0 cm³/mol. The number of sulfonamides is 1. The molecule has 0 aromatic heterocycles. The number of hydrogen-bond donors (Lipinski definition) is 1. The highest BCUT2D eigenvalue weighted by molar-refractivity contribution is 7.89. The van der Waals surface area contributed by atoms with Crippen LogP contribution in [0.2, 0.25) is 0 Å². The average molecular weight is 350 g/mol. The van der Waals surface area contributed by atoms with Gasteiger partial charge in [-0.2, -0.15) is 0 Å². The Morgan fingerprint density at radius 1 is 1.17 bits per heavy atom. The van der Waals surface area contributed by atoms with Crippen LogP contribution >= 0.6 is 0 Å². The van der Waals surface area contributed by atoms with Crippen LogP contribution in [0.5, 0.6) is 0 Å². The molecule has 23 heavy (non-hydrogen) atoms. The summed E-state index contributed by atoms with van der Waals surface area (Å²) in [4.78, 5) is 1.38. The summed E-state index contributed by atoms with van der Waals surface area (Å²) in [5, 5.41) is 0. The molecule has 130 valence electrons. The maximum absolute atomic E-state index is 13.6. The first-order valence-electron chi connectivity index (χ1n) is 7.67. The van der Waals surface area contributed by atoms with Crippen molar-refractivity contribution in [3.8, 4) is 0 Å². The molecule has 1 N–H and O–H groups in total. The van der Waals surface area contributed by atoms with Crippen molar-refractivity contribution < 1.29 is 21.6 Å². The van der Waals surface area contributed by atoms with E-state index in [0.29, 0.717) is 12.5 Å². The standard InChI is InChI=1S/C15H21F3N2O2S/c1-11-5-9-20(10-6-11)8-2-7-19-23(21,22)13-4-3-12(16)14(17)15(13)18/h3-4,11,19H,2,5-10H2,1H3. The normalized spacial score (nSPS) is 17.6. The smallest absolute Gasteiger partial charge is 0.243 e. The molecule has 1 fully saturated rings. The highest BCUT2D eigenvalue weighted by atomic mass is 32.2. The van der Waals surface area contributed by atoms with E-state index in [2.05, 4.69) is 16.5 Å². The quantitative estimate of drug-likeness (QED) is 0.633. The summed E-state index contributed by atoms with van der Waals surface area (Å²) in [6, 6.07) is 1.32. The summed E-state index contributed by atoms with van der Waals surface area (Å²) in [7, 11) is -4.19. The first-order chi connectivity index (χ1) is 10.8. The van der Waals surface area contributed by atoms with E-state index in [0.717, 1.165) is 44.5 Å². The second-order valence-electron chi connectivity index (χ2n) is 5.95. The van der Waals surface area contributed by atoms with Gasteiger partial charge in [-0.25, -0.2) is 26.3 Å². The van der Waals surface area contributed by atoms with Crippen LogP contribution in [0, 0.1) is 23.4 Å². The minimum Gasteiger partial charge on any atom is -0.303 e. The van der Waals surface area contributed by atoms with E-state index >= 15 is 0 Å². The molecule has 2 rings (SSSR count). The SMILES string of the molecule is CC1CCN(CCCNS(=O)(=O)c2ccc(F)c(F)c2F)CC1. The van der Waals surface area contributed by atoms with Gasteiger partial charge in [0.1, 0.15) is 4.90 Å². The summed E-state index contributed by atoms with van der Waals surface area (Å²) < 4.78 is 65.7. The summed E-state index contributed by atoms with van der Waals surface area (Å²) in [6.45, 7) is 5.06. The largest absolute Gasteiger partial charge is 0.303 e. The van der Waals surface area contributed by atoms with Gasteiger partial charge in [0.2, 0.25) is 10.0 Å². The van der Waals surface area contributed by atoms with Gasteiger partial charge >= 0.3 is 0 Å². The molecule has 0 radical (unpaired) electrons. The van der Waals surface area contributed by atoms with Gasteiger partial charge < -0.3 is 4.90 Å². The van der Waals surface area contributed by atoms with Crippen LogP contribution < -0.4 is 4.72 Å². The maximum Gasteiger partial charge on any atom is 0.243 e. The molecule has 1 aromatic rings. The van der Waals surface area contributed by atoms with Gasteiger partial charge in [-0.3, -0.25) is 0 Å². The van der Waals surface area contributed by atoms with Crippen molar-refractivity contribution in [2.24, 2.45) is 5.92 Å². The Labute approximate surface area is 134 Å². The molecule has 0 saturated carbocycles. The van der Waals surface area contributed by atoms with Crippen LogP contribution in [0.25, 0.3) is 0 Å². The number of nitrogens with one attached hydrogen (secondary N) is 1. The zero-order chi connectivity index (χ0) is 17.0. The molecule has 1 aliphatic heterocycles. The van der Waals surface area contributed by atoms with E-state index < -0.39 is 32.4 Å². The van der Waals surface area contributed by atoms with E-state index in [4.69, 9.17) is 0 Å². The third kappa shape index (κ3) is 4.68. The lowest BCUT2D eigenvalue weighted by Crippen LogP contribution is -2.35. The lowest BCUT2D eigenvalue weighted by atomic mass is 9.99. The lowest BCUT2D eigenvalue weighted by molar-refractivity contribution is 0.191. The average Bonchev–Trinajstić information content (AvgIpc) is 2.51. The van der Waals surface area contributed by atoms with Crippen molar-refractivity contribution in [2.75, 3.05) is 26.2 Å². The van der Waals surface area contributed by atoms with Crippen LogP contribution in [-0.2, 0) is 10.0 Å². The maximum atomic E-state index is 13.6. The number of likely N-dealkylation sites (tertiary alicyclic amines) is 1. The van der Waals surface area contributed by atoms with Gasteiger partial charge in [0.05, 0.1) is 0 Å². The van der Waals surface area contributed by atoms with E-state index in [1.807, 2.05) is 0 Å². The van der Waals surface area contributed by atoms with Crippen LogP contribution in [0.15, 0.2) is 17.0 Å². The molecule has 1 saturated heterocycles. The van der Waals surface area contributed by atoms with E-state index in [1.54, 1.807) is 0 Å². The number of nitrogens with zero attached hydrogens (tertiary/aromatic N) is 1. The Morgan fingerprint density at radius 3 is 2.48 bits per heavy atom. The van der Waals surface area contributed by atoms with Crippen LogP contribution in [0.4, 0.5) is 13.2 Å². The number of piperidine rings is 1. The third-order valence-corrected chi connectivity index (χ3v) is 5.59. The fourth-order valence-corrected chi connectivity index (χ4v) is 3.73. The topological polar surface area (TPSA) is 49.4 Å². The zero-order valence-electron chi connectivity index (χ0n) is 13.0. The molecule has 0 bridgehead atoms. The molecule has 0 atom stereocenters. The molecular formula is C15H21F3N2O2S. The summed E-state index contributed by atoms with van der Waals surface area (Å²) in [5.74, 6) is -4.17. The highest BCUT2D eigenvalue weighted by Gasteiger charge is 2.23. The van der Waals surface area contributed by atoms with Crippen molar-refractivity contribution in [3.63, 3.8) is 0 Å². The molecule has 1 heterocycles. The number of hydrogen-bond acceptors (Lipinski definition) is 3. The van der Waals surface area contributed by atoms with E-state index in [-0.39, 0.29) is 6.54 Å². The molecule has 1 aromatic carbocycles. The number of halogens is 3. The predicted octanol–water partition coefficient (Wildman–Crippen LogP) is 2.50. The Kier molecular flexibility index (Phi) is 6.05. The van der Waals surface area contributed by atoms with E-state index in [1.165, 1.54) is 0 Å². The molecule has 1 aliphatic rings. The minimum atomic E-state index is -4.19. The van der Waals surface area contributed by atoms with Crippen molar-refractivity contribution in [1.82, 2.24) is 9.62 Å². The van der Waals surface area contributed by atoms with Crippen LogP contribution in [0.3, 0.4) is 0 Å². The second kappa shape index (κ2) is 7.63. The van der Waals surface area contributed by atoms with Gasteiger partial charge in [-0.15, -0.1) is 0 Å². The minimum absolute atomic E-state index is 0.118. The number of rotatable bonds is 6. The van der Waals surface area contributed by atoms with Gasteiger partial charge in [0.15, 0.2) is 17.5 Å². The summed E-state index contributed by atoms with van der Waals surface area (Å²) >= 11 is 0. The van der Waals surface area contributed by atoms with Crippen molar-refractivity contribution >= 4 is 10.0 Å². The highest BCUT2D eigenvalue weighted by Crippen LogP contribution is 2.19. The number of benzene rings is 1. The Hall–Kier alpha value is -1.12. The Morgan fingerprint density at radius 2 is 1.83 bits per heavy atom. The third-order valence-electron chi connectivity index (χ3n) is 4.11. The first-order valence-corrected chi connectivity index (χ1v) is 9.15. The van der Waals surface area contributed by atoms with E-state index in [9.17, 15) is 21.6 Å². The van der Waals surface area contributed by atoms with Gasteiger partial charge in [-0.1, -0.05) is 6.92 Å². The fraction of sp³-hybridized carbons (Fsp3) is 0.600. The molecule has 0 spiro atoms. The second-order valence-corrected chi connectivity index (χ2v) is 7.68. The molecule has 0 aliphatic carbocycles. The first kappa shape index (κ1) is 18.2. The summed E-state index contributed by atoms with van der Waals surface area (Å²) in [6.07, 6.45) is 2.83. The van der Waals surface area contributed by atoms with Crippen LogP contribution in [-0.4, -0.2) is 39.5 Å². The van der Waals surface area contributed by atoms with Crippen molar-refractivity contribution in [1.29, 1.82) is 0 Å². The van der Waals surface area contributed by atoms with Crippen molar-refractivity contribution in [3.05, 3.63) is 29.6 Å². The van der Waals surface area contributed by atoms with Crippen LogP contribution in [0.1, 0.15) is 26.2 Å². The molecule has 4 nitrogen and oxygen atoms in total. The summed E-state index contributed by atoms with van der Waals surface area (Å²) in [5.41, 5.74) is 0. The van der Waals surface area contributed by atoms with Gasteiger partial charge in [0.25, 0.3) is 0 Å². The lowest BCUT2D eigenvalue weighted by Gasteiger charge is -2.30. The monoisotopic (exact) mass is 350 g/mol. The fourth-order valence-electron chi connectivity index (χ4n) is 2.59.